The number of nitrogens with one attached hydrogen (secondary N) is 1. The lowest BCUT2D eigenvalue weighted by atomic mass is 10.1. The lowest BCUT2D eigenvalue weighted by Gasteiger charge is -2.13. The highest BCUT2D eigenvalue weighted by atomic mass is 35.5. The third-order valence-electron chi connectivity index (χ3n) is 2.46. The minimum atomic E-state index is 0.256. The molecule has 0 saturated heterocycles. The van der Waals surface area contributed by atoms with Crippen molar-refractivity contribution >= 4 is 17.4 Å². The molecule has 0 unspecified atom stereocenters. The highest BCUT2D eigenvalue weighted by Crippen LogP contribution is 2.27. The number of hydrogen-bond acceptors (Lipinski definition) is 6. The van der Waals surface area contributed by atoms with Gasteiger partial charge in [-0.3, -0.25) is 0 Å². The molecule has 2 heterocycles. The van der Waals surface area contributed by atoms with Gasteiger partial charge in [-0.1, -0.05) is 30.6 Å². The summed E-state index contributed by atoms with van der Waals surface area (Å²) in [5.41, 5.74) is 0.923. The third kappa shape index (κ3) is 2.95. The number of halogens is 1. The molecule has 0 bridgehead atoms. The maximum Gasteiger partial charge on any atom is 0.213 e. The highest BCUT2D eigenvalue weighted by molar-refractivity contribution is 6.30. The van der Waals surface area contributed by atoms with Gasteiger partial charge >= 0.3 is 0 Å². The molecule has 1 N–H and O–H groups in total. The summed E-state index contributed by atoms with van der Waals surface area (Å²) in [6.07, 6.45) is 3.43. The van der Waals surface area contributed by atoms with Gasteiger partial charge in [0.1, 0.15) is 17.3 Å². The molecular weight excluding hydrogens is 254 g/mol. The lowest BCUT2D eigenvalue weighted by molar-refractivity contribution is 0.410. The van der Waals surface area contributed by atoms with E-state index in [-0.39, 0.29) is 5.92 Å². The quantitative estimate of drug-likeness (QED) is 0.838. The fourth-order valence-corrected chi connectivity index (χ4v) is 1.97. The van der Waals surface area contributed by atoms with Crippen LogP contribution in [0.5, 0.6) is 0 Å². The standard InChI is InChI=1S/C11H14ClN5O/c1-7(2)9-10(12)14-5-15-11(9)13-4-3-8-16-6-18-17-8/h5-7H,3-4H2,1-2H3,(H,13,14,15). The molecule has 2 aromatic heterocycles. The average Bonchev–Trinajstić information content (AvgIpc) is 2.81. The first-order chi connectivity index (χ1) is 8.68. The molecule has 0 fully saturated rings. The molecule has 18 heavy (non-hydrogen) atoms. The molecule has 0 aromatic carbocycles. The van der Waals surface area contributed by atoms with Crippen molar-refractivity contribution in [1.82, 2.24) is 20.1 Å². The van der Waals surface area contributed by atoms with Crippen LogP contribution in [0.25, 0.3) is 0 Å². The van der Waals surface area contributed by atoms with E-state index in [4.69, 9.17) is 11.6 Å². The molecule has 2 aromatic rings. The number of rotatable bonds is 5. The highest BCUT2D eigenvalue weighted by Gasteiger charge is 2.13. The molecule has 6 nitrogen and oxygen atoms in total. The van der Waals surface area contributed by atoms with E-state index in [9.17, 15) is 0 Å². The summed E-state index contributed by atoms with van der Waals surface area (Å²) >= 11 is 6.07. The van der Waals surface area contributed by atoms with Crippen LogP contribution in [0.1, 0.15) is 31.2 Å². The lowest BCUT2D eigenvalue weighted by Crippen LogP contribution is -2.10. The van der Waals surface area contributed by atoms with Crippen molar-refractivity contribution < 1.29 is 4.52 Å². The van der Waals surface area contributed by atoms with Crippen molar-refractivity contribution in [3.8, 4) is 0 Å². The first-order valence-electron chi connectivity index (χ1n) is 5.68. The number of aromatic nitrogens is 4. The predicted molar refractivity (Wildman–Crippen MR) is 67.6 cm³/mol. The zero-order chi connectivity index (χ0) is 13.0. The molecular formula is C11H14ClN5O. The van der Waals surface area contributed by atoms with Crippen LogP contribution in [-0.2, 0) is 6.42 Å². The largest absolute Gasteiger partial charge is 0.369 e. The molecule has 0 spiro atoms. The summed E-state index contributed by atoms with van der Waals surface area (Å²) in [6.45, 7) is 4.76. The van der Waals surface area contributed by atoms with E-state index in [0.717, 1.165) is 11.4 Å². The average molecular weight is 268 g/mol. The van der Waals surface area contributed by atoms with Crippen molar-refractivity contribution in [2.45, 2.75) is 26.2 Å². The van der Waals surface area contributed by atoms with Gasteiger partial charge in [-0.15, -0.1) is 0 Å². The van der Waals surface area contributed by atoms with Gasteiger partial charge in [0.2, 0.25) is 6.39 Å². The third-order valence-corrected chi connectivity index (χ3v) is 2.76. The van der Waals surface area contributed by atoms with Crippen molar-refractivity contribution in [3.05, 3.63) is 29.3 Å². The summed E-state index contributed by atoms with van der Waals surface area (Å²) in [6, 6.07) is 0. The fraction of sp³-hybridized carbons (Fsp3) is 0.455. The van der Waals surface area contributed by atoms with Gasteiger partial charge < -0.3 is 9.84 Å². The van der Waals surface area contributed by atoms with Gasteiger partial charge in [0, 0.05) is 18.5 Å². The van der Waals surface area contributed by atoms with E-state index >= 15 is 0 Å². The molecule has 0 saturated carbocycles. The van der Waals surface area contributed by atoms with Crippen LogP contribution >= 0.6 is 11.6 Å². The zero-order valence-electron chi connectivity index (χ0n) is 10.2. The minimum Gasteiger partial charge on any atom is -0.369 e. The Morgan fingerprint density at radius 1 is 1.33 bits per heavy atom. The first kappa shape index (κ1) is 12.8. The van der Waals surface area contributed by atoms with Gasteiger partial charge in [-0.05, 0) is 5.92 Å². The Kier molecular flexibility index (Phi) is 4.09. The SMILES string of the molecule is CC(C)c1c(Cl)ncnc1NCCc1ncon1. The maximum atomic E-state index is 6.07. The second kappa shape index (κ2) is 5.77. The van der Waals surface area contributed by atoms with E-state index in [0.29, 0.717) is 23.9 Å². The van der Waals surface area contributed by atoms with Crippen molar-refractivity contribution in [2.24, 2.45) is 0 Å². The zero-order valence-corrected chi connectivity index (χ0v) is 11.0. The van der Waals surface area contributed by atoms with Gasteiger partial charge in [0.05, 0.1) is 0 Å². The Hall–Kier alpha value is -1.69. The molecule has 2 rings (SSSR count). The molecule has 0 aliphatic heterocycles. The van der Waals surface area contributed by atoms with Crippen LogP contribution in [0.3, 0.4) is 0 Å². The summed E-state index contributed by atoms with van der Waals surface area (Å²) in [5, 5.41) is 7.44. The van der Waals surface area contributed by atoms with Crippen LogP contribution in [0.4, 0.5) is 5.82 Å². The van der Waals surface area contributed by atoms with Crippen molar-refractivity contribution in [2.75, 3.05) is 11.9 Å². The summed E-state index contributed by atoms with van der Waals surface area (Å²) < 4.78 is 4.66. The Balaban J connectivity index is 2.03. The van der Waals surface area contributed by atoms with E-state index in [1.165, 1.54) is 12.7 Å². The van der Waals surface area contributed by atoms with Crippen LogP contribution in [0.15, 0.2) is 17.2 Å². The number of hydrogen-bond donors (Lipinski definition) is 1. The number of anilines is 1. The minimum absolute atomic E-state index is 0.256. The van der Waals surface area contributed by atoms with E-state index in [2.05, 4.69) is 43.8 Å². The summed E-state index contributed by atoms with van der Waals surface area (Å²) in [4.78, 5) is 12.1. The Morgan fingerprint density at radius 2 is 2.17 bits per heavy atom. The Bertz CT molecular complexity index is 500. The normalized spacial score (nSPS) is 10.9. The second-order valence-electron chi connectivity index (χ2n) is 4.11. The van der Waals surface area contributed by atoms with E-state index in [1.54, 1.807) is 0 Å². The van der Waals surface area contributed by atoms with Gasteiger partial charge in [-0.2, -0.15) is 4.98 Å². The Morgan fingerprint density at radius 3 is 2.83 bits per heavy atom. The molecule has 0 radical (unpaired) electrons. The fourth-order valence-electron chi connectivity index (χ4n) is 1.62. The summed E-state index contributed by atoms with van der Waals surface area (Å²) in [5.74, 6) is 1.67. The van der Waals surface area contributed by atoms with Crippen LogP contribution in [-0.4, -0.2) is 26.7 Å². The monoisotopic (exact) mass is 267 g/mol. The summed E-state index contributed by atoms with van der Waals surface area (Å²) in [7, 11) is 0. The molecule has 0 aliphatic rings. The van der Waals surface area contributed by atoms with Crippen LogP contribution < -0.4 is 5.32 Å². The van der Waals surface area contributed by atoms with Crippen molar-refractivity contribution in [3.63, 3.8) is 0 Å². The van der Waals surface area contributed by atoms with Gasteiger partial charge in [0.15, 0.2) is 5.82 Å². The van der Waals surface area contributed by atoms with Gasteiger partial charge in [-0.25, -0.2) is 9.97 Å². The molecule has 7 heteroatoms. The van der Waals surface area contributed by atoms with E-state index in [1.807, 2.05) is 0 Å². The molecule has 0 aliphatic carbocycles. The van der Waals surface area contributed by atoms with Crippen LogP contribution in [0.2, 0.25) is 5.15 Å². The molecule has 0 atom stereocenters. The Labute approximate surface area is 110 Å². The first-order valence-corrected chi connectivity index (χ1v) is 6.05. The second-order valence-corrected chi connectivity index (χ2v) is 4.46. The van der Waals surface area contributed by atoms with E-state index < -0.39 is 0 Å². The van der Waals surface area contributed by atoms with Crippen molar-refractivity contribution in [1.29, 1.82) is 0 Å². The predicted octanol–water partition coefficient (Wildman–Crippen LogP) is 2.29. The maximum absolute atomic E-state index is 6.07. The number of nitrogens with zero attached hydrogens (tertiary/aromatic N) is 4. The molecule has 0 amide bonds. The van der Waals surface area contributed by atoms with Crippen LogP contribution in [0, 0.1) is 0 Å². The molecule has 96 valence electrons. The van der Waals surface area contributed by atoms with Gasteiger partial charge in [0.25, 0.3) is 0 Å². The smallest absolute Gasteiger partial charge is 0.213 e. The topological polar surface area (TPSA) is 76.7 Å².